The second kappa shape index (κ2) is 5.44. The molecular formula is C18H17NO2. The van der Waals surface area contributed by atoms with Crippen molar-refractivity contribution in [3.8, 4) is 0 Å². The number of aryl methyl sites for hydroxylation is 1. The molecule has 0 aliphatic heterocycles. The zero-order chi connectivity index (χ0) is 14.8. The third kappa shape index (κ3) is 2.42. The van der Waals surface area contributed by atoms with Crippen LogP contribution in [0.25, 0.3) is 21.8 Å². The van der Waals surface area contributed by atoms with Crippen molar-refractivity contribution in [2.24, 2.45) is 0 Å². The molecule has 0 aliphatic carbocycles. The molecule has 0 spiro atoms. The molecule has 0 saturated carbocycles. The van der Waals surface area contributed by atoms with E-state index in [2.05, 4.69) is 48.4 Å². The SMILES string of the molecule is C=CC(=O)OCCn1c2ccccc2c2cc(C)ccc21. The molecule has 0 aliphatic rings. The molecule has 0 radical (unpaired) electrons. The molecule has 1 heterocycles. The van der Waals surface area contributed by atoms with Gasteiger partial charge in [-0.25, -0.2) is 4.79 Å². The third-order valence-corrected chi connectivity index (χ3v) is 3.65. The van der Waals surface area contributed by atoms with Crippen LogP contribution in [0.3, 0.4) is 0 Å². The summed E-state index contributed by atoms with van der Waals surface area (Å²) in [5, 5.41) is 2.46. The number of aromatic nitrogens is 1. The van der Waals surface area contributed by atoms with E-state index in [0.29, 0.717) is 13.2 Å². The maximum absolute atomic E-state index is 11.2. The molecule has 3 heteroatoms. The minimum Gasteiger partial charge on any atom is -0.461 e. The first-order chi connectivity index (χ1) is 10.2. The molecule has 21 heavy (non-hydrogen) atoms. The quantitative estimate of drug-likeness (QED) is 0.537. The zero-order valence-corrected chi connectivity index (χ0v) is 12.0. The Morgan fingerprint density at radius 3 is 2.76 bits per heavy atom. The molecule has 1 aromatic heterocycles. The van der Waals surface area contributed by atoms with Crippen molar-refractivity contribution >= 4 is 27.8 Å². The standard InChI is InChI=1S/C18H17NO2/c1-3-18(20)21-11-10-19-16-7-5-4-6-14(16)15-12-13(2)8-9-17(15)19/h3-9,12H,1,10-11H2,2H3. The molecule has 0 saturated heterocycles. The van der Waals surface area contributed by atoms with Gasteiger partial charge >= 0.3 is 5.97 Å². The van der Waals surface area contributed by atoms with Crippen molar-refractivity contribution < 1.29 is 9.53 Å². The summed E-state index contributed by atoms with van der Waals surface area (Å²) in [5.74, 6) is -0.383. The van der Waals surface area contributed by atoms with Gasteiger partial charge in [-0.1, -0.05) is 36.4 Å². The van der Waals surface area contributed by atoms with Gasteiger partial charge in [-0.15, -0.1) is 0 Å². The number of carbonyl (C=O) groups is 1. The van der Waals surface area contributed by atoms with Crippen LogP contribution in [-0.4, -0.2) is 17.1 Å². The van der Waals surface area contributed by atoms with Gasteiger partial charge in [0.25, 0.3) is 0 Å². The van der Waals surface area contributed by atoms with E-state index in [1.807, 2.05) is 12.1 Å². The van der Waals surface area contributed by atoms with Crippen molar-refractivity contribution in [3.05, 3.63) is 60.7 Å². The first-order valence-electron chi connectivity index (χ1n) is 6.97. The monoisotopic (exact) mass is 279 g/mol. The second-order valence-corrected chi connectivity index (χ2v) is 5.06. The van der Waals surface area contributed by atoms with Crippen LogP contribution < -0.4 is 0 Å². The van der Waals surface area contributed by atoms with E-state index in [-0.39, 0.29) is 5.97 Å². The summed E-state index contributed by atoms with van der Waals surface area (Å²) in [7, 11) is 0. The number of rotatable bonds is 4. The predicted molar refractivity (Wildman–Crippen MR) is 85.3 cm³/mol. The van der Waals surface area contributed by atoms with Gasteiger partial charge in [0.1, 0.15) is 6.61 Å². The highest BCUT2D eigenvalue weighted by atomic mass is 16.5. The number of carbonyl (C=O) groups excluding carboxylic acids is 1. The molecule has 0 N–H and O–H groups in total. The van der Waals surface area contributed by atoms with E-state index in [9.17, 15) is 4.79 Å². The lowest BCUT2D eigenvalue weighted by Crippen LogP contribution is -2.09. The Morgan fingerprint density at radius 1 is 1.19 bits per heavy atom. The third-order valence-electron chi connectivity index (χ3n) is 3.65. The molecule has 3 nitrogen and oxygen atoms in total. The highest BCUT2D eigenvalue weighted by Gasteiger charge is 2.10. The molecular weight excluding hydrogens is 262 g/mol. The van der Waals surface area contributed by atoms with Gasteiger partial charge in [0.05, 0.1) is 6.54 Å². The Morgan fingerprint density at radius 2 is 1.95 bits per heavy atom. The van der Waals surface area contributed by atoms with Gasteiger partial charge in [0, 0.05) is 27.9 Å². The number of esters is 1. The Hall–Kier alpha value is -2.55. The lowest BCUT2D eigenvalue weighted by atomic mass is 10.1. The van der Waals surface area contributed by atoms with E-state index in [1.54, 1.807) is 0 Å². The summed E-state index contributed by atoms with van der Waals surface area (Å²) in [6.45, 7) is 6.47. The molecule has 2 aromatic carbocycles. The fourth-order valence-electron chi connectivity index (χ4n) is 2.70. The normalized spacial score (nSPS) is 10.9. The lowest BCUT2D eigenvalue weighted by Gasteiger charge is -2.07. The van der Waals surface area contributed by atoms with Crippen molar-refractivity contribution in [1.29, 1.82) is 0 Å². The number of para-hydroxylation sites is 1. The average Bonchev–Trinajstić information content (AvgIpc) is 2.81. The highest BCUT2D eigenvalue weighted by molar-refractivity contribution is 6.08. The molecule has 106 valence electrons. The fraction of sp³-hybridized carbons (Fsp3) is 0.167. The van der Waals surface area contributed by atoms with Gasteiger partial charge in [-0.3, -0.25) is 0 Å². The molecule has 0 amide bonds. The van der Waals surface area contributed by atoms with Gasteiger partial charge in [0.15, 0.2) is 0 Å². The first kappa shape index (κ1) is 13.4. The van der Waals surface area contributed by atoms with Crippen LogP contribution in [0, 0.1) is 6.92 Å². The molecule has 0 bridgehead atoms. The summed E-state index contributed by atoms with van der Waals surface area (Å²) in [6.07, 6.45) is 1.19. The van der Waals surface area contributed by atoms with Crippen LogP contribution in [0.5, 0.6) is 0 Å². The summed E-state index contributed by atoms with van der Waals surface area (Å²) in [6, 6.07) is 14.7. The lowest BCUT2D eigenvalue weighted by molar-refractivity contribution is -0.137. The fourth-order valence-corrected chi connectivity index (χ4v) is 2.70. The maximum atomic E-state index is 11.2. The Labute approximate surface area is 123 Å². The zero-order valence-electron chi connectivity index (χ0n) is 12.0. The van der Waals surface area contributed by atoms with Gasteiger partial charge in [0.2, 0.25) is 0 Å². The summed E-state index contributed by atoms with van der Waals surface area (Å²) in [4.78, 5) is 11.2. The van der Waals surface area contributed by atoms with Crippen LogP contribution in [0.1, 0.15) is 5.56 Å². The molecule has 3 aromatic rings. The Kier molecular flexibility index (Phi) is 3.48. The van der Waals surface area contributed by atoms with Crippen molar-refractivity contribution in [2.75, 3.05) is 6.61 Å². The first-order valence-corrected chi connectivity index (χ1v) is 6.97. The Balaban J connectivity index is 2.06. The topological polar surface area (TPSA) is 31.2 Å². The molecule has 3 rings (SSSR count). The number of fused-ring (bicyclic) bond motifs is 3. The summed E-state index contributed by atoms with van der Waals surface area (Å²) >= 11 is 0. The molecule has 0 unspecified atom stereocenters. The van der Waals surface area contributed by atoms with Crippen LogP contribution >= 0.6 is 0 Å². The van der Waals surface area contributed by atoms with Crippen LogP contribution in [-0.2, 0) is 16.1 Å². The highest BCUT2D eigenvalue weighted by Crippen LogP contribution is 2.29. The second-order valence-electron chi connectivity index (χ2n) is 5.06. The van der Waals surface area contributed by atoms with Crippen LogP contribution in [0.15, 0.2) is 55.1 Å². The predicted octanol–water partition coefficient (Wildman–Crippen LogP) is 3.83. The van der Waals surface area contributed by atoms with E-state index in [4.69, 9.17) is 4.74 Å². The maximum Gasteiger partial charge on any atom is 0.330 e. The number of hydrogen-bond donors (Lipinski definition) is 0. The van der Waals surface area contributed by atoms with E-state index >= 15 is 0 Å². The summed E-state index contributed by atoms with van der Waals surface area (Å²) < 4.78 is 7.30. The number of hydrogen-bond acceptors (Lipinski definition) is 2. The largest absolute Gasteiger partial charge is 0.461 e. The van der Waals surface area contributed by atoms with Crippen molar-refractivity contribution in [3.63, 3.8) is 0 Å². The average molecular weight is 279 g/mol. The van der Waals surface area contributed by atoms with Crippen molar-refractivity contribution in [2.45, 2.75) is 13.5 Å². The minimum absolute atomic E-state index is 0.340. The van der Waals surface area contributed by atoms with E-state index in [1.165, 1.54) is 22.4 Å². The summed E-state index contributed by atoms with van der Waals surface area (Å²) in [5.41, 5.74) is 3.56. The van der Waals surface area contributed by atoms with Gasteiger partial charge < -0.3 is 9.30 Å². The molecule has 0 fully saturated rings. The Bertz CT molecular complexity index is 830. The van der Waals surface area contributed by atoms with Crippen LogP contribution in [0.4, 0.5) is 0 Å². The van der Waals surface area contributed by atoms with Gasteiger partial charge in [-0.05, 0) is 25.1 Å². The number of nitrogens with zero attached hydrogens (tertiary/aromatic N) is 1. The molecule has 0 atom stereocenters. The minimum atomic E-state index is -0.383. The van der Waals surface area contributed by atoms with Gasteiger partial charge in [-0.2, -0.15) is 0 Å². The smallest absolute Gasteiger partial charge is 0.330 e. The number of benzene rings is 2. The van der Waals surface area contributed by atoms with E-state index in [0.717, 1.165) is 11.0 Å². The number of ether oxygens (including phenoxy) is 1. The van der Waals surface area contributed by atoms with Crippen molar-refractivity contribution in [1.82, 2.24) is 4.57 Å². The van der Waals surface area contributed by atoms with Crippen LogP contribution in [0.2, 0.25) is 0 Å². The van der Waals surface area contributed by atoms with E-state index < -0.39 is 0 Å².